The standard InChI is InChI=1S/C19H28N2O4S/c1-2-9-18(23)25-14-26-16-11-7-6-10-15(16)19(24)21-13-8-4-3-5-12-17(20)22/h6-7,10-11H,2-5,8-9,12-14H2,1H3,(H2,20,22)(H,21,24). The van der Waals surface area contributed by atoms with E-state index in [0.29, 0.717) is 24.9 Å². The summed E-state index contributed by atoms with van der Waals surface area (Å²) in [7, 11) is 0. The molecule has 0 bridgehead atoms. The van der Waals surface area contributed by atoms with Gasteiger partial charge in [0.1, 0.15) is 5.94 Å². The number of carbonyl (C=O) groups is 3. The van der Waals surface area contributed by atoms with Crippen molar-refractivity contribution in [2.45, 2.75) is 56.8 Å². The maximum Gasteiger partial charge on any atom is 0.306 e. The van der Waals surface area contributed by atoms with Crippen molar-refractivity contribution < 1.29 is 19.1 Å². The Balaban J connectivity index is 2.34. The third-order valence-electron chi connectivity index (χ3n) is 3.66. The molecule has 7 heteroatoms. The summed E-state index contributed by atoms with van der Waals surface area (Å²) in [4.78, 5) is 35.2. The van der Waals surface area contributed by atoms with Gasteiger partial charge in [-0.3, -0.25) is 14.4 Å². The van der Waals surface area contributed by atoms with Crippen LogP contribution in [0.5, 0.6) is 0 Å². The smallest absolute Gasteiger partial charge is 0.306 e. The van der Waals surface area contributed by atoms with E-state index < -0.39 is 0 Å². The van der Waals surface area contributed by atoms with Gasteiger partial charge in [0.15, 0.2) is 0 Å². The van der Waals surface area contributed by atoms with Crippen molar-refractivity contribution in [3.63, 3.8) is 0 Å². The van der Waals surface area contributed by atoms with Crippen molar-refractivity contribution >= 4 is 29.5 Å². The molecule has 0 aliphatic rings. The summed E-state index contributed by atoms with van der Waals surface area (Å²) < 4.78 is 5.13. The van der Waals surface area contributed by atoms with Gasteiger partial charge in [-0.2, -0.15) is 0 Å². The quantitative estimate of drug-likeness (QED) is 0.237. The van der Waals surface area contributed by atoms with Gasteiger partial charge < -0.3 is 15.8 Å². The van der Waals surface area contributed by atoms with Crippen molar-refractivity contribution in [2.75, 3.05) is 12.5 Å². The van der Waals surface area contributed by atoms with Gasteiger partial charge in [-0.15, -0.1) is 0 Å². The maximum absolute atomic E-state index is 12.3. The molecule has 0 aliphatic carbocycles. The normalized spacial score (nSPS) is 10.3. The third kappa shape index (κ3) is 9.46. The Bertz CT molecular complexity index is 593. The summed E-state index contributed by atoms with van der Waals surface area (Å²) >= 11 is 1.33. The molecular formula is C19H28N2O4S. The molecular weight excluding hydrogens is 352 g/mol. The molecule has 0 spiro atoms. The molecule has 1 aromatic rings. The van der Waals surface area contributed by atoms with E-state index in [9.17, 15) is 14.4 Å². The van der Waals surface area contributed by atoms with Crippen molar-refractivity contribution in [3.05, 3.63) is 29.8 Å². The number of ether oxygens (including phenoxy) is 1. The molecule has 26 heavy (non-hydrogen) atoms. The van der Waals surface area contributed by atoms with Gasteiger partial charge >= 0.3 is 5.97 Å². The highest BCUT2D eigenvalue weighted by atomic mass is 32.2. The van der Waals surface area contributed by atoms with Crippen LogP contribution in [0.4, 0.5) is 0 Å². The number of hydrogen-bond acceptors (Lipinski definition) is 5. The number of benzene rings is 1. The Kier molecular flexibility index (Phi) is 11.2. The lowest BCUT2D eigenvalue weighted by molar-refractivity contribution is -0.141. The van der Waals surface area contributed by atoms with Crippen LogP contribution in [0.25, 0.3) is 0 Å². The van der Waals surface area contributed by atoms with E-state index in [1.54, 1.807) is 6.07 Å². The molecule has 0 heterocycles. The molecule has 0 saturated heterocycles. The maximum atomic E-state index is 12.3. The van der Waals surface area contributed by atoms with Crippen LogP contribution in [0.1, 0.15) is 62.2 Å². The average Bonchev–Trinajstić information content (AvgIpc) is 2.61. The summed E-state index contributed by atoms with van der Waals surface area (Å²) in [6, 6.07) is 7.27. The van der Waals surface area contributed by atoms with Gasteiger partial charge in [-0.05, 0) is 31.4 Å². The molecule has 0 atom stereocenters. The molecule has 1 aromatic carbocycles. The molecule has 0 aliphatic heterocycles. The molecule has 1 rings (SSSR count). The Morgan fingerprint density at radius 1 is 1.08 bits per heavy atom. The Morgan fingerprint density at radius 3 is 2.54 bits per heavy atom. The monoisotopic (exact) mass is 380 g/mol. The molecule has 0 unspecified atom stereocenters. The number of amides is 2. The lowest BCUT2D eigenvalue weighted by Gasteiger charge is -2.10. The Morgan fingerprint density at radius 2 is 1.81 bits per heavy atom. The van der Waals surface area contributed by atoms with Crippen molar-refractivity contribution in [1.29, 1.82) is 0 Å². The van der Waals surface area contributed by atoms with E-state index in [1.165, 1.54) is 11.8 Å². The zero-order valence-corrected chi connectivity index (χ0v) is 16.1. The van der Waals surface area contributed by atoms with E-state index in [0.717, 1.165) is 37.0 Å². The Hall–Kier alpha value is -2.02. The predicted molar refractivity (Wildman–Crippen MR) is 103 cm³/mol. The fraction of sp³-hybridized carbons (Fsp3) is 0.526. The second-order valence-electron chi connectivity index (χ2n) is 5.91. The fourth-order valence-electron chi connectivity index (χ4n) is 2.29. The van der Waals surface area contributed by atoms with Crippen LogP contribution in [-0.4, -0.2) is 30.3 Å². The first-order chi connectivity index (χ1) is 12.5. The summed E-state index contributed by atoms with van der Waals surface area (Å²) in [6.07, 6.45) is 5.09. The molecule has 144 valence electrons. The number of unbranched alkanes of at least 4 members (excludes halogenated alkanes) is 3. The van der Waals surface area contributed by atoms with Crippen LogP contribution in [0.15, 0.2) is 29.2 Å². The number of primary amides is 1. The second kappa shape index (κ2) is 13.2. The van der Waals surface area contributed by atoms with Crippen LogP contribution in [0.2, 0.25) is 0 Å². The first kappa shape index (κ1) is 22.0. The highest BCUT2D eigenvalue weighted by Crippen LogP contribution is 2.23. The van der Waals surface area contributed by atoms with Crippen molar-refractivity contribution in [2.24, 2.45) is 5.73 Å². The minimum absolute atomic E-state index is 0.134. The molecule has 3 N–H and O–H groups in total. The van der Waals surface area contributed by atoms with E-state index in [2.05, 4.69) is 5.32 Å². The summed E-state index contributed by atoms with van der Waals surface area (Å²) in [5.41, 5.74) is 5.67. The number of esters is 1. The lowest BCUT2D eigenvalue weighted by Crippen LogP contribution is -2.25. The topological polar surface area (TPSA) is 98.5 Å². The molecule has 0 radical (unpaired) electrons. The van der Waals surface area contributed by atoms with Gasteiger partial charge in [-0.1, -0.05) is 43.7 Å². The zero-order valence-electron chi connectivity index (χ0n) is 15.3. The van der Waals surface area contributed by atoms with Gasteiger partial charge in [0.2, 0.25) is 5.91 Å². The lowest BCUT2D eigenvalue weighted by atomic mass is 10.1. The number of thioether (sulfide) groups is 1. The van der Waals surface area contributed by atoms with Crippen LogP contribution in [-0.2, 0) is 14.3 Å². The predicted octanol–water partition coefficient (Wildman–Crippen LogP) is 3.25. The van der Waals surface area contributed by atoms with Crippen molar-refractivity contribution in [1.82, 2.24) is 5.32 Å². The highest BCUT2D eigenvalue weighted by molar-refractivity contribution is 7.99. The number of rotatable bonds is 13. The Labute approximate surface area is 159 Å². The van der Waals surface area contributed by atoms with E-state index in [4.69, 9.17) is 10.5 Å². The summed E-state index contributed by atoms with van der Waals surface area (Å²) in [5, 5.41) is 2.91. The number of nitrogens with two attached hydrogens (primary N) is 1. The van der Waals surface area contributed by atoms with Crippen LogP contribution in [0.3, 0.4) is 0 Å². The molecule has 0 aromatic heterocycles. The molecule has 0 fully saturated rings. The average molecular weight is 381 g/mol. The van der Waals surface area contributed by atoms with E-state index in [-0.39, 0.29) is 23.7 Å². The van der Waals surface area contributed by atoms with Crippen molar-refractivity contribution in [3.8, 4) is 0 Å². The largest absolute Gasteiger partial charge is 0.454 e. The first-order valence-electron chi connectivity index (χ1n) is 8.98. The SMILES string of the molecule is CCCC(=O)OCSc1ccccc1C(=O)NCCCCCCC(N)=O. The molecule has 2 amide bonds. The van der Waals surface area contributed by atoms with Crippen LogP contribution in [0, 0.1) is 0 Å². The minimum atomic E-state index is -0.271. The fourth-order valence-corrected chi connectivity index (χ4v) is 3.10. The second-order valence-corrected chi connectivity index (χ2v) is 6.88. The number of nitrogens with one attached hydrogen (secondary N) is 1. The zero-order chi connectivity index (χ0) is 19.2. The van der Waals surface area contributed by atoms with Gasteiger partial charge in [-0.25, -0.2) is 0 Å². The van der Waals surface area contributed by atoms with Gasteiger partial charge in [0.05, 0.1) is 5.56 Å². The minimum Gasteiger partial charge on any atom is -0.454 e. The van der Waals surface area contributed by atoms with Crippen LogP contribution < -0.4 is 11.1 Å². The van der Waals surface area contributed by atoms with Gasteiger partial charge in [0, 0.05) is 24.3 Å². The van der Waals surface area contributed by atoms with E-state index >= 15 is 0 Å². The van der Waals surface area contributed by atoms with E-state index in [1.807, 2.05) is 25.1 Å². The number of hydrogen-bond donors (Lipinski definition) is 2. The first-order valence-corrected chi connectivity index (χ1v) is 9.97. The van der Waals surface area contributed by atoms with Crippen LogP contribution >= 0.6 is 11.8 Å². The molecule has 6 nitrogen and oxygen atoms in total. The summed E-state index contributed by atoms with van der Waals surface area (Å²) in [5.74, 6) is -0.431. The number of carbonyl (C=O) groups excluding carboxylic acids is 3. The molecule has 0 saturated carbocycles. The highest BCUT2D eigenvalue weighted by Gasteiger charge is 2.11. The summed E-state index contributed by atoms with van der Waals surface area (Å²) in [6.45, 7) is 2.51. The third-order valence-corrected chi connectivity index (χ3v) is 4.56. The van der Waals surface area contributed by atoms with Gasteiger partial charge in [0.25, 0.3) is 5.91 Å².